The van der Waals surface area contributed by atoms with Crippen molar-refractivity contribution < 1.29 is 9.90 Å². The van der Waals surface area contributed by atoms with Gasteiger partial charge in [-0.1, -0.05) is 18.2 Å². The summed E-state index contributed by atoms with van der Waals surface area (Å²) in [5, 5.41) is 13.8. The molecule has 0 radical (unpaired) electrons. The molecule has 22 heavy (non-hydrogen) atoms. The number of aromatic amines is 1. The largest absolute Gasteiger partial charge is 0.391 e. The van der Waals surface area contributed by atoms with Crippen molar-refractivity contribution in [2.24, 2.45) is 0 Å². The SMILES string of the molecule is Cc1cccc2c(CCNC(=O)N3CCCC(O)C3)c[nH]c12. The zero-order valence-corrected chi connectivity index (χ0v) is 12.9. The summed E-state index contributed by atoms with van der Waals surface area (Å²) in [6.07, 6.45) is 4.10. The molecule has 1 saturated heterocycles. The number of aryl methyl sites for hydroxylation is 1. The van der Waals surface area contributed by atoms with E-state index >= 15 is 0 Å². The minimum atomic E-state index is -0.379. The summed E-state index contributed by atoms with van der Waals surface area (Å²) in [5.41, 5.74) is 3.62. The van der Waals surface area contributed by atoms with Crippen molar-refractivity contribution in [3.05, 3.63) is 35.5 Å². The van der Waals surface area contributed by atoms with Crippen molar-refractivity contribution in [3.63, 3.8) is 0 Å². The minimum absolute atomic E-state index is 0.0743. The molecule has 1 unspecified atom stereocenters. The van der Waals surface area contributed by atoms with E-state index in [1.807, 2.05) is 6.20 Å². The van der Waals surface area contributed by atoms with Gasteiger partial charge in [-0.15, -0.1) is 0 Å². The molecule has 5 nitrogen and oxygen atoms in total. The molecule has 1 aliphatic heterocycles. The summed E-state index contributed by atoms with van der Waals surface area (Å²) in [6, 6.07) is 6.18. The zero-order valence-electron chi connectivity index (χ0n) is 12.9. The van der Waals surface area contributed by atoms with E-state index in [0.717, 1.165) is 25.8 Å². The van der Waals surface area contributed by atoms with Gasteiger partial charge in [-0.3, -0.25) is 0 Å². The number of hydrogen-bond acceptors (Lipinski definition) is 2. The second-order valence-electron chi connectivity index (χ2n) is 6.04. The third-order valence-electron chi connectivity index (χ3n) is 4.36. The van der Waals surface area contributed by atoms with Gasteiger partial charge >= 0.3 is 6.03 Å². The number of piperidine rings is 1. The number of fused-ring (bicyclic) bond motifs is 1. The number of aliphatic hydroxyl groups excluding tert-OH is 1. The number of H-pyrrole nitrogens is 1. The van der Waals surface area contributed by atoms with E-state index in [1.54, 1.807) is 4.90 Å². The molecule has 0 spiro atoms. The molecule has 0 aliphatic carbocycles. The van der Waals surface area contributed by atoms with E-state index in [1.165, 1.54) is 22.0 Å². The first-order valence-electron chi connectivity index (χ1n) is 7.91. The second-order valence-corrected chi connectivity index (χ2v) is 6.04. The molecular weight excluding hydrogens is 278 g/mol. The molecule has 1 aromatic carbocycles. The Morgan fingerprint density at radius 3 is 3.18 bits per heavy atom. The predicted octanol–water partition coefficient (Wildman–Crippen LogP) is 2.19. The Bertz CT molecular complexity index is 665. The van der Waals surface area contributed by atoms with Crippen LogP contribution in [0.25, 0.3) is 10.9 Å². The first-order valence-corrected chi connectivity index (χ1v) is 7.91. The number of hydrogen-bond donors (Lipinski definition) is 3. The average Bonchev–Trinajstić information content (AvgIpc) is 2.92. The molecular formula is C17H23N3O2. The highest BCUT2D eigenvalue weighted by Gasteiger charge is 2.21. The van der Waals surface area contributed by atoms with Gasteiger partial charge in [0.15, 0.2) is 0 Å². The number of β-amino-alcohol motifs (C(OH)–C–C–N with tert-alkyl or cyclic N) is 1. The zero-order chi connectivity index (χ0) is 15.5. The maximum Gasteiger partial charge on any atom is 0.317 e. The summed E-state index contributed by atoms with van der Waals surface area (Å²) in [4.78, 5) is 17.1. The summed E-state index contributed by atoms with van der Waals surface area (Å²) in [7, 11) is 0. The van der Waals surface area contributed by atoms with Gasteiger partial charge in [0.2, 0.25) is 0 Å². The van der Waals surface area contributed by atoms with Crippen LogP contribution in [-0.2, 0) is 6.42 Å². The number of amides is 2. The van der Waals surface area contributed by atoms with E-state index in [4.69, 9.17) is 0 Å². The highest BCUT2D eigenvalue weighted by atomic mass is 16.3. The number of para-hydroxylation sites is 1. The van der Waals surface area contributed by atoms with E-state index in [0.29, 0.717) is 13.1 Å². The molecule has 0 bridgehead atoms. The highest BCUT2D eigenvalue weighted by Crippen LogP contribution is 2.21. The predicted molar refractivity (Wildman–Crippen MR) is 87.0 cm³/mol. The maximum atomic E-state index is 12.1. The van der Waals surface area contributed by atoms with Crippen LogP contribution in [0.5, 0.6) is 0 Å². The third kappa shape index (κ3) is 3.09. The van der Waals surface area contributed by atoms with Crippen LogP contribution in [0.15, 0.2) is 24.4 Å². The van der Waals surface area contributed by atoms with E-state index in [9.17, 15) is 9.90 Å². The van der Waals surface area contributed by atoms with E-state index in [-0.39, 0.29) is 12.1 Å². The van der Waals surface area contributed by atoms with Crippen molar-refractivity contribution in [3.8, 4) is 0 Å². The van der Waals surface area contributed by atoms with Gasteiger partial charge in [-0.05, 0) is 37.3 Å². The topological polar surface area (TPSA) is 68.4 Å². The molecule has 2 heterocycles. The normalized spacial score (nSPS) is 18.6. The average molecular weight is 301 g/mol. The summed E-state index contributed by atoms with van der Waals surface area (Å²) in [6.45, 7) is 3.87. The van der Waals surface area contributed by atoms with Gasteiger partial charge < -0.3 is 20.3 Å². The molecule has 1 aliphatic rings. The number of likely N-dealkylation sites (tertiary alicyclic amines) is 1. The minimum Gasteiger partial charge on any atom is -0.391 e. The van der Waals surface area contributed by atoms with Crippen molar-refractivity contribution in [2.45, 2.75) is 32.3 Å². The number of nitrogens with one attached hydrogen (secondary N) is 2. The lowest BCUT2D eigenvalue weighted by Crippen LogP contribution is -2.47. The third-order valence-corrected chi connectivity index (χ3v) is 4.36. The Kier molecular flexibility index (Phi) is 4.34. The quantitative estimate of drug-likeness (QED) is 0.813. The first-order chi connectivity index (χ1) is 10.6. The van der Waals surface area contributed by atoms with Crippen molar-refractivity contribution in [1.29, 1.82) is 0 Å². The second kappa shape index (κ2) is 6.40. The van der Waals surface area contributed by atoms with Crippen molar-refractivity contribution in [2.75, 3.05) is 19.6 Å². The van der Waals surface area contributed by atoms with Crippen molar-refractivity contribution >= 4 is 16.9 Å². The smallest absolute Gasteiger partial charge is 0.317 e. The number of nitrogens with zero attached hydrogens (tertiary/aromatic N) is 1. The van der Waals surface area contributed by atoms with Crippen LogP contribution in [0.3, 0.4) is 0 Å². The Morgan fingerprint density at radius 2 is 2.36 bits per heavy atom. The number of benzene rings is 1. The van der Waals surface area contributed by atoms with Gasteiger partial charge in [0.05, 0.1) is 6.10 Å². The summed E-state index contributed by atoms with van der Waals surface area (Å²) < 4.78 is 0. The molecule has 5 heteroatoms. The number of carbonyl (C=O) groups excluding carboxylic acids is 1. The van der Waals surface area contributed by atoms with Crippen LogP contribution in [0.2, 0.25) is 0 Å². The van der Waals surface area contributed by atoms with Gasteiger partial charge in [-0.2, -0.15) is 0 Å². The number of aromatic nitrogens is 1. The summed E-state index contributed by atoms with van der Waals surface area (Å²) >= 11 is 0. The van der Waals surface area contributed by atoms with Crippen molar-refractivity contribution in [1.82, 2.24) is 15.2 Å². The van der Waals surface area contributed by atoms with Gasteiger partial charge in [0.25, 0.3) is 0 Å². The summed E-state index contributed by atoms with van der Waals surface area (Å²) in [5.74, 6) is 0. The maximum absolute atomic E-state index is 12.1. The van der Waals surface area contributed by atoms with Crippen LogP contribution in [-0.4, -0.2) is 46.8 Å². The number of aliphatic hydroxyl groups is 1. The molecule has 2 amide bonds. The van der Waals surface area contributed by atoms with Crippen LogP contribution in [0.1, 0.15) is 24.0 Å². The molecule has 2 aromatic rings. The number of urea groups is 1. The fourth-order valence-corrected chi connectivity index (χ4v) is 3.13. The van der Waals surface area contributed by atoms with Crippen LogP contribution >= 0.6 is 0 Å². The Labute approximate surface area is 130 Å². The van der Waals surface area contributed by atoms with Crippen LogP contribution in [0.4, 0.5) is 4.79 Å². The lowest BCUT2D eigenvalue weighted by Gasteiger charge is -2.30. The molecule has 1 aromatic heterocycles. The Balaban J connectivity index is 1.56. The molecule has 1 atom stereocenters. The van der Waals surface area contributed by atoms with Crippen LogP contribution < -0.4 is 5.32 Å². The van der Waals surface area contributed by atoms with Gasteiger partial charge in [0, 0.05) is 36.7 Å². The molecule has 118 valence electrons. The monoisotopic (exact) mass is 301 g/mol. The van der Waals surface area contributed by atoms with E-state index in [2.05, 4.69) is 35.4 Å². The fourth-order valence-electron chi connectivity index (χ4n) is 3.13. The number of rotatable bonds is 3. The molecule has 3 N–H and O–H groups in total. The lowest BCUT2D eigenvalue weighted by molar-refractivity contribution is 0.0843. The molecule has 3 rings (SSSR count). The Hall–Kier alpha value is -2.01. The fraction of sp³-hybridized carbons (Fsp3) is 0.471. The standard InChI is InChI=1S/C17H23N3O2/c1-12-4-2-6-15-13(10-19-16(12)15)7-8-18-17(22)20-9-3-5-14(21)11-20/h2,4,6,10,14,19,21H,3,5,7-9,11H2,1H3,(H,18,22). The van der Waals surface area contributed by atoms with Gasteiger partial charge in [0.1, 0.15) is 0 Å². The lowest BCUT2D eigenvalue weighted by atomic mass is 10.1. The van der Waals surface area contributed by atoms with E-state index < -0.39 is 0 Å². The van der Waals surface area contributed by atoms with Gasteiger partial charge in [-0.25, -0.2) is 4.79 Å². The molecule has 0 saturated carbocycles. The highest BCUT2D eigenvalue weighted by molar-refractivity contribution is 5.86. The molecule has 1 fully saturated rings. The Morgan fingerprint density at radius 1 is 1.50 bits per heavy atom. The first kappa shape index (κ1) is 14.9. The van der Waals surface area contributed by atoms with Crippen LogP contribution in [0, 0.1) is 6.92 Å². The number of carbonyl (C=O) groups is 1.